The van der Waals surface area contributed by atoms with Crippen molar-refractivity contribution in [2.24, 2.45) is 0 Å². The van der Waals surface area contributed by atoms with Crippen LogP contribution in [0.25, 0.3) is 0 Å². The molecule has 0 aliphatic rings. The topological polar surface area (TPSA) is 68.8 Å². The summed E-state index contributed by atoms with van der Waals surface area (Å²) in [5.74, 6) is 1.38. The van der Waals surface area contributed by atoms with Crippen LogP contribution in [-0.4, -0.2) is 46.9 Å². The van der Waals surface area contributed by atoms with Crippen molar-refractivity contribution in [3.63, 3.8) is 0 Å². The van der Waals surface area contributed by atoms with E-state index in [-0.39, 0.29) is 30.9 Å². The van der Waals surface area contributed by atoms with E-state index in [1.165, 1.54) is 0 Å². The second-order valence-electron chi connectivity index (χ2n) is 5.72. The molecule has 7 heteroatoms. The molecule has 0 atom stereocenters. The Morgan fingerprint density at radius 2 is 1.52 bits per heavy atom. The van der Waals surface area contributed by atoms with Crippen molar-refractivity contribution >= 4 is 18.3 Å². The number of nitrogens with one attached hydrogen (secondary N) is 2. The standard InChI is InChI=1S/C20H26N2O4.ClH/c1-24-11-10-21-14-19(23)22-20(15-6-4-8-17(12-15)25-2)16-7-5-9-18(13-16)26-3;/h4-9,12-13,20-21H,10-11,14H2,1-3H3,(H,22,23);1H. The third-order valence-corrected chi connectivity index (χ3v) is 3.93. The summed E-state index contributed by atoms with van der Waals surface area (Å²) in [4.78, 5) is 12.4. The minimum absolute atomic E-state index is 0. The third kappa shape index (κ3) is 7.09. The molecule has 1 amide bonds. The fourth-order valence-corrected chi connectivity index (χ4v) is 2.59. The molecule has 27 heavy (non-hydrogen) atoms. The van der Waals surface area contributed by atoms with Crippen molar-refractivity contribution in [3.8, 4) is 11.5 Å². The molecule has 2 aromatic rings. The first-order valence-electron chi connectivity index (χ1n) is 8.45. The van der Waals surface area contributed by atoms with Crippen molar-refractivity contribution in [2.45, 2.75) is 6.04 Å². The van der Waals surface area contributed by atoms with Crippen LogP contribution in [0.15, 0.2) is 48.5 Å². The second-order valence-corrected chi connectivity index (χ2v) is 5.72. The van der Waals surface area contributed by atoms with Crippen molar-refractivity contribution < 1.29 is 19.0 Å². The Bertz CT molecular complexity index is 664. The van der Waals surface area contributed by atoms with Crippen LogP contribution < -0.4 is 20.1 Å². The quantitative estimate of drug-likeness (QED) is 0.606. The predicted molar refractivity (Wildman–Crippen MR) is 108 cm³/mol. The fourth-order valence-electron chi connectivity index (χ4n) is 2.59. The highest BCUT2D eigenvalue weighted by atomic mass is 35.5. The summed E-state index contributed by atoms with van der Waals surface area (Å²) in [7, 11) is 4.87. The first-order valence-corrected chi connectivity index (χ1v) is 8.45. The molecule has 0 saturated heterocycles. The van der Waals surface area contributed by atoms with Gasteiger partial charge >= 0.3 is 0 Å². The van der Waals surface area contributed by atoms with Gasteiger partial charge in [-0.15, -0.1) is 12.4 Å². The number of ether oxygens (including phenoxy) is 3. The fraction of sp³-hybridized carbons (Fsp3) is 0.350. The molecule has 0 unspecified atom stereocenters. The molecule has 2 N–H and O–H groups in total. The summed E-state index contributed by atoms with van der Waals surface area (Å²) >= 11 is 0. The van der Waals surface area contributed by atoms with Gasteiger partial charge in [0.2, 0.25) is 5.91 Å². The first-order chi connectivity index (χ1) is 12.7. The maximum atomic E-state index is 12.4. The Kier molecular flexibility index (Phi) is 10.3. The predicted octanol–water partition coefficient (Wildman–Crippen LogP) is 2.57. The minimum Gasteiger partial charge on any atom is -0.497 e. The number of hydrogen-bond acceptors (Lipinski definition) is 5. The number of hydrogen-bond donors (Lipinski definition) is 2. The van der Waals surface area contributed by atoms with Crippen LogP contribution >= 0.6 is 12.4 Å². The molecule has 0 radical (unpaired) electrons. The molecule has 148 valence electrons. The first kappa shape index (κ1) is 22.8. The van der Waals surface area contributed by atoms with E-state index in [2.05, 4.69) is 10.6 Å². The van der Waals surface area contributed by atoms with Crippen molar-refractivity contribution in [3.05, 3.63) is 59.7 Å². The van der Waals surface area contributed by atoms with Gasteiger partial charge in [-0.2, -0.15) is 0 Å². The van der Waals surface area contributed by atoms with Crippen LogP contribution in [-0.2, 0) is 9.53 Å². The Labute approximate surface area is 166 Å². The number of rotatable bonds is 10. The normalized spacial score (nSPS) is 10.2. The molecular weight excluding hydrogens is 368 g/mol. The summed E-state index contributed by atoms with van der Waals surface area (Å²) < 4.78 is 15.6. The molecule has 2 rings (SSSR count). The lowest BCUT2D eigenvalue weighted by Crippen LogP contribution is -2.37. The van der Waals surface area contributed by atoms with E-state index in [1.54, 1.807) is 21.3 Å². The van der Waals surface area contributed by atoms with Gasteiger partial charge in [-0.1, -0.05) is 24.3 Å². The van der Waals surface area contributed by atoms with Gasteiger partial charge in [0, 0.05) is 13.7 Å². The van der Waals surface area contributed by atoms with Crippen LogP contribution in [0.2, 0.25) is 0 Å². The molecule has 0 aliphatic carbocycles. The average molecular weight is 395 g/mol. The number of carbonyl (C=O) groups excluding carboxylic acids is 1. The van der Waals surface area contributed by atoms with Crippen molar-refractivity contribution in [2.75, 3.05) is 41.0 Å². The van der Waals surface area contributed by atoms with Crippen LogP contribution in [0.1, 0.15) is 17.2 Å². The van der Waals surface area contributed by atoms with Gasteiger partial charge in [-0.25, -0.2) is 0 Å². The van der Waals surface area contributed by atoms with Crippen LogP contribution in [0.5, 0.6) is 11.5 Å². The number of benzene rings is 2. The number of carbonyl (C=O) groups is 1. The maximum Gasteiger partial charge on any atom is 0.234 e. The molecule has 6 nitrogen and oxygen atoms in total. The zero-order valence-corrected chi connectivity index (χ0v) is 16.7. The summed E-state index contributed by atoms with van der Waals surface area (Å²) in [6, 6.07) is 15.0. The van der Waals surface area contributed by atoms with Crippen LogP contribution in [0.4, 0.5) is 0 Å². The zero-order chi connectivity index (χ0) is 18.8. The lowest BCUT2D eigenvalue weighted by atomic mass is 9.98. The Balaban J connectivity index is 0.00000364. The summed E-state index contributed by atoms with van der Waals surface area (Å²) in [5, 5.41) is 6.13. The van der Waals surface area contributed by atoms with E-state index in [0.717, 1.165) is 22.6 Å². The number of halogens is 1. The highest BCUT2D eigenvalue weighted by Gasteiger charge is 2.18. The van der Waals surface area contributed by atoms with Crippen LogP contribution in [0, 0.1) is 0 Å². The van der Waals surface area contributed by atoms with Gasteiger partial charge in [0.1, 0.15) is 11.5 Å². The van der Waals surface area contributed by atoms with Crippen molar-refractivity contribution in [1.29, 1.82) is 0 Å². The van der Waals surface area contributed by atoms with E-state index < -0.39 is 0 Å². The summed E-state index contributed by atoms with van der Waals surface area (Å²) in [5.41, 5.74) is 1.87. The number of amides is 1. The molecule has 0 heterocycles. The lowest BCUT2D eigenvalue weighted by molar-refractivity contribution is -0.120. The minimum atomic E-state index is -0.308. The van der Waals surface area contributed by atoms with E-state index in [0.29, 0.717) is 13.2 Å². The van der Waals surface area contributed by atoms with Gasteiger partial charge in [0.15, 0.2) is 0 Å². The van der Waals surface area contributed by atoms with Gasteiger partial charge in [-0.3, -0.25) is 4.79 Å². The molecule has 0 bridgehead atoms. The lowest BCUT2D eigenvalue weighted by Gasteiger charge is -2.21. The number of methoxy groups -OCH3 is 3. The Hall–Kier alpha value is -2.28. The van der Waals surface area contributed by atoms with E-state index in [1.807, 2.05) is 48.5 Å². The Morgan fingerprint density at radius 1 is 0.963 bits per heavy atom. The second kappa shape index (κ2) is 12.2. The van der Waals surface area contributed by atoms with Gasteiger partial charge in [0.05, 0.1) is 33.4 Å². The molecule has 0 saturated carbocycles. The molecule has 0 fully saturated rings. The van der Waals surface area contributed by atoms with Gasteiger partial charge in [-0.05, 0) is 35.4 Å². The van der Waals surface area contributed by atoms with Crippen LogP contribution in [0.3, 0.4) is 0 Å². The Morgan fingerprint density at radius 3 is 2.00 bits per heavy atom. The average Bonchev–Trinajstić information content (AvgIpc) is 2.69. The highest BCUT2D eigenvalue weighted by molar-refractivity contribution is 5.85. The van der Waals surface area contributed by atoms with Crippen molar-refractivity contribution in [1.82, 2.24) is 10.6 Å². The maximum absolute atomic E-state index is 12.4. The molecule has 2 aromatic carbocycles. The highest BCUT2D eigenvalue weighted by Crippen LogP contribution is 2.27. The van der Waals surface area contributed by atoms with Gasteiger partial charge < -0.3 is 24.8 Å². The molecular formula is C20H27ClN2O4. The zero-order valence-electron chi connectivity index (χ0n) is 15.9. The largest absolute Gasteiger partial charge is 0.497 e. The smallest absolute Gasteiger partial charge is 0.234 e. The molecule has 0 aromatic heterocycles. The van der Waals surface area contributed by atoms with E-state index in [9.17, 15) is 4.79 Å². The monoisotopic (exact) mass is 394 g/mol. The summed E-state index contributed by atoms with van der Waals surface area (Å²) in [6.45, 7) is 1.39. The van der Waals surface area contributed by atoms with E-state index >= 15 is 0 Å². The van der Waals surface area contributed by atoms with E-state index in [4.69, 9.17) is 14.2 Å². The molecule has 0 spiro atoms. The SMILES string of the molecule is COCCNCC(=O)NC(c1cccc(OC)c1)c1cccc(OC)c1.Cl. The van der Waals surface area contributed by atoms with Gasteiger partial charge in [0.25, 0.3) is 0 Å². The third-order valence-electron chi connectivity index (χ3n) is 3.93. The summed E-state index contributed by atoms with van der Waals surface area (Å²) in [6.07, 6.45) is 0. The molecule has 0 aliphatic heterocycles.